The Morgan fingerprint density at radius 3 is 2.38 bits per heavy atom. The third-order valence-corrected chi connectivity index (χ3v) is 6.19. The van der Waals surface area contributed by atoms with Crippen LogP contribution in [0.2, 0.25) is 0 Å². The molecule has 1 unspecified atom stereocenters. The molecule has 4 nitrogen and oxygen atoms in total. The van der Waals surface area contributed by atoms with Crippen LogP contribution >= 0.6 is 11.6 Å². The summed E-state index contributed by atoms with van der Waals surface area (Å²) in [4.78, 5) is 12.2. The summed E-state index contributed by atoms with van der Waals surface area (Å²) in [6.07, 6.45) is 5.82. The van der Waals surface area contributed by atoms with Crippen molar-refractivity contribution < 1.29 is 17.4 Å². The molecule has 0 spiro atoms. The van der Waals surface area contributed by atoms with Crippen molar-refractivity contribution in [1.82, 2.24) is 0 Å². The van der Waals surface area contributed by atoms with Gasteiger partial charge in [-0.1, -0.05) is 13.3 Å². The minimum absolute atomic E-state index is 0.0965. The molecule has 2 aliphatic rings. The Labute approximate surface area is 133 Å². The Hall–Kier alpha value is -0.720. The Morgan fingerprint density at radius 2 is 2.05 bits per heavy atom. The second-order valence-corrected chi connectivity index (χ2v) is 8.39. The molecule has 0 radical (unpaired) electrons. The molecule has 0 saturated heterocycles. The third kappa shape index (κ3) is 3.07. The highest BCUT2D eigenvalue weighted by atomic mass is 35.5. The summed E-state index contributed by atoms with van der Waals surface area (Å²) in [6, 6.07) is 0. The van der Waals surface area contributed by atoms with Crippen molar-refractivity contribution in [3.05, 3.63) is 22.1 Å². The molecule has 0 aromatic rings. The molecule has 2 aliphatic carbocycles. The van der Waals surface area contributed by atoms with Crippen molar-refractivity contribution in [2.45, 2.75) is 32.6 Å². The van der Waals surface area contributed by atoms with Crippen LogP contribution in [0.15, 0.2) is 22.1 Å². The molecule has 7 heteroatoms. The number of rotatable bonds is 4. The lowest BCUT2D eigenvalue weighted by atomic mass is 9.73. The number of allylic oxidation sites excluding steroid dienone is 3. The lowest BCUT2D eigenvalue weighted by molar-refractivity contribution is -0.108. The zero-order valence-corrected chi connectivity index (χ0v) is 14.3. The van der Waals surface area contributed by atoms with Crippen LogP contribution in [-0.2, 0) is 25.9 Å². The minimum Gasteiger partial charge on any atom is -0.276 e. The molecule has 2 rings (SSSR count). The fraction of sp³-hybridized carbons (Fsp3) is 0.571. The summed E-state index contributed by atoms with van der Waals surface area (Å²) in [5.41, 5.74) is 0.832. The zero-order valence-electron chi connectivity index (χ0n) is 11.9. The van der Waals surface area contributed by atoms with Gasteiger partial charge in [-0.2, -0.15) is 0 Å². The summed E-state index contributed by atoms with van der Waals surface area (Å²) in [5, 5.41) is -0.692. The maximum Gasteiger partial charge on any atom is 0.249 e. The van der Waals surface area contributed by atoms with E-state index >= 15 is 0 Å². The van der Waals surface area contributed by atoms with Crippen LogP contribution < -0.4 is 0 Å². The van der Waals surface area contributed by atoms with Crippen molar-refractivity contribution in [3.63, 3.8) is 0 Å². The van der Waals surface area contributed by atoms with Gasteiger partial charge in [0, 0.05) is 17.7 Å². The average molecular weight is 349 g/mol. The molecule has 0 aromatic heterocycles. The Morgan fingerprint density at radius 1 is 1.43 bits per heavy atom. The number of halogens is 1. The van der Waals surface area contributed by atoms with Gasteiger partial charge < -0.3 is 0 Å². The largest absolute Gasteiger partial charge is 0.276 e. The second kappa shape index (κ2) is 6.18. The van der Waals surface area contributed by atoms with Crippen LogP contribution in [0.3, 0.4) is 0 Å². The number of sulfone groups is 1. The van der Waals surface area contributed by atoms with Crippen LogP contribution in [0.25, 0.3) is 0 Å². The molecule has 1 fully saturated rings. The molecule has 1 saturated carbocycles. The zero-order chi connectivity index (χ0) is 15.8. The van der Waals surface area contributed by atoms with E-state index in [2.05, 4.69) is 0 Å². The smallest absolute Gasteiger partial charge is 0.249 e. The van der Waals surface area contributed by atoms with E-state index < -0.39 is 21.0 Å². The fourth-order valence-corrected chi connectivity index (χ4v) is 4.92. The van der Waals surface area contributed by atoms with Gasteiger partial charge in [0.2, 0.25) is 5.24 Å². The summed E-state index contributed by atoms with van der Waals surface area (Å²) in [6.45, 7) is 1.86. The highest BCUT2D eigenvalue weighted by Crippen LogP contribution is 2.42. The van der Waals surface area contributed by atoms with Crippen LogP contribution in [0.4, 0.5) is 0 Å². The van der Waals surface area contributed by atoms with Gasteiger partial charge >= 0.3 is 0 Å². The van der Waals surface area contributed by atoms with Crippen molar-refractivity contribution in [1.29, 1.82) is 0 Å². The normalized spacial score (nSPS) is 23.7. The third-order valence-electron chi connectivity index (χ3n) is 4.15. The number of hydrogen-bond acceptors (Lipinski definition) is 4. The van der Waals surface area contributed by atoms with Gasteiger partial charge in [-0.15, -0.1) is 0 Å². The molecular weight excluding hydrogens is 332 g/mol. The molecular formula is C14H17ClO4S2. The van der Waals surface area contributed by atoms with Crippen LogP contribution in [0.5, 0.6) is 0 Å². The lowest BCUT2D eigenvalue weighted by Gasteiger charge is -2.34. The molecule has 116 valence electrons. The summed E-state index contributed by atoms with van der Waals surface area (Å²) in [7, 11) is -3.52. The summed E-state index contributed by atoms with van der Waals surface area (Å²) < 4.78 is 35.8. The summed E-state index contributed by atoms with van der Waals surface area (Å²) >= 11 is 5.89. The fourth-order valence-electron chi connectivity index (χ4n) is 2.88. The van der Waals surface area contributed by atoms with Gasteiger partial charge in [0.15, 0.2) is 9.84 Å². The van der Waals surface area contributed by atoms with Gasteiger partial charge in [-0.3, -0.25) is 4.79 Å². The maximum atomic E-state index is 12.1. The second-order valence-electron chi connectivity index (χ2n) is 5.46. The first-order valence-electron chi connectivity index (χ1n) is 6.83. The van der Waals surface area contributed by atoms with Crippen molar-refractivity contribution in [2.75, 3.05) is 6.26 Å². The van der Waals surface area contributed by atoms with E-state index in [0.717, 1.165) is 25.5 Å². The number of carbonyl (C=O) groups is 1. The maximum absolute atomic E-state index is 12.1. The standard InChI is InChI=1S/C14H17ClO4S2/c1-3-9-10(14(15)16)7-11(21(2,18)19)12(13(9)20-17)8-5-4-6-8/h7-9H,3-6H2,1-2H3. The van der Waals surface area contributed by atoms with E-state index in [1.165, 1.54) is 6.08 Å². The van der Waals surface area contributed by atoms with Gasteiger partial charge in [-0.05, 0) is 48.4 Å². The summed E-state index contributed by atoms with van der Waals surface area (Å²) in [5.74, 6) is -0.290. The number of hydrogen-bond donors (Lipinski definition) is 0. The van der Waals surface area contributed by atoms with Crippen molar-refractivity contribution >= 4 is 42.8 Å². The molecule has 0 amide bonds. The first-order chi connectivity index (χ1) is 9.81. The molecule has 1 atom stereocenters. The SMILES string of the molecule is CCC1C(C(=O)Cl)=CC(S(C)(=O)=O)=C(C2CCC2)C1=S=O. The highest BCUT2D eigenvalue weighted by Gasteiger charge is 2.38. The molecule has 0 bridgehead atoms. The van der Waals surface area contributed by atoms with E-state index in [1.807, 2.05) is 6.92 Å². The lowest BCUT2D eigenvalue weighted by Crippen LogP contribution is -2.33. The van der Waals surface area contributed by atoms with Crippen LogP contribution in [0.1, 0.15) is 32.6 Å². The monoisotopic (exact) mass is 348 g/mol. The van der Waals surface area contributed by atoms with Gasteiger partial charge in [-0.25, -0.2) is 12.6 Å². The predicted molar refractivity (Wildman–Crippen MR) is 85.1 cm³/mol. The average Bonchev–Trinajstić information content (AvgIpc) is 2.33. The van der Waals surface area contributed by atoms with Crippen LogP contribution in [-0.4, -0.2) is 29.0 Å². The quantitative estimate of drug-likeness (QED) is 0.577. The van der Waals surface area contributed by atoms with E-state index in [9.17, 15) is 17.4 Å². The molecule has 21 heavy (non-hydrogen) atoms. The Bertz CT molecular complexity index is 692. The predicted octanol–water partition coefficient (Wildman–Crippen LogP) is 2.20. The molecule has 0 aliphatic heterocycles. The molecule has 0 heterocycles. The molecule has 0 aromatic carbocycles. The van der Waals surface area contributed by atoms with Gasteiger partial charge in [0.05, 0.1) is 21.0 Å². The van der Waals surface area contributed by atoms with Gasteiger partial charge in [0.1, 0.15) is 0 Å². The van der Waals surface area contributed by atoms with Crippen molar-refractivity contribution in [3.8, 4) is 0 Å². The first kappa shape index (κ1) is 16.6. The number of carbonyl (C=O) groups excluding carboxylic acids is 1. The Kier molecular flexibility index (Phi) is 4.90. The van der Waals surface area contributed by atoms with Crippen molar-refractivity contribution in [2.24, 2.45) is 11.8 Å². The van der Waals surface area contributed by atoms with E-state index in [0.29, 0.717) is 28.1 Å². The van der Waals surface area contributed by atoms with Crippen LogP contribution in [0, 0.1) is 11.8 Å². The van der Waals surface area contributed by atoms with E-state index in [-0.39, 0.29) is 16.4 Å². The first-order valence-corrected chi connectivity index (χ1v) is 9.85. The van der Waals surface area contributed by atoms with E-state index in [4.69, 9.17) is 11.6 Å². The minimum atomic E-state index is -3.52. The highest BCUT2D eigenvalue weighted by molar-refractivity contribution is 7.94. The Balaban J connectivity index is 2.75. The van der Waals surface area contributed by atoms with Gasteiger partial charge in [0.25, 0.3) is 0 Å². The molecule has 0 N–H and O–H groups in total. The van der Waals surface area contributed by atoms with E-state index in [1.54, 1.807) is 0 Å². The topological polar surface area (TPSA) is 68.3 Å².